The van der Waals surface area contributed by atoms with Gasteiger partial charge in [0.15, 0.2) is 0 Å². The maximum absolute atomic E-state index is 11.9. The SMILES string of the molecule is NCCOc1ccc(NC(=O)CNC(=O)CC2CCCCC2)cc1. The minimum atomic E-state index is -0.234. The van der Waals surface area contributed by atoms with Crippen LogP contribution < -0.4 is 21.1 Å². The molecule has 1 saturated carbocycles. The second-order valence-electron chi connectivity index (χ2n) is 6.19. The molecule has 2 amide bonds. The van der Waals surface area contributed by atoms with Crippen molar-refractivity contribution in [3.8, 4) is 5.75 Å². The molecule has 0 aliphatic heterocycles. The van der Waals surface area contributed by atoms with Crippen molar-refractivity contribution in [2.45, 2.75) is 38.5 Å². The Hall–Kier alpha value is -2.08. The molecule has 1 aliphatic rings. The average molecular weight is 333 g/mol. The van der Waals surface area contributed by atoms with Crippen LogP contribution in [0.3, 0.4) is 0 Å². The van der Waals surface area contributed by atoms with Gasteiger partial charge in [-0.25, -0.2) is 0 Å². The van der Waals surface area contributed by atoms with E-state index in [0.29, 0.717) is 36.9 Å². The van der Waals surface area contributed by atoms with Crippen molar-refractivity contribution in [2.75, 3.05) is 25.0 Å². The Balaban J connectivity index is 1.67. The molecule has 0 bridgehead atoms. The quantitative estimate of drug-likeness (QED) is 0.679. The first kappa shape index (κ1) is 18.3. The van der Waals surface area contributed by atoms with Crippen LogP contribution in [-0.4, -0.2) is 31.5 Å². The summed E-state index contributed by atoms with van der Waals surface area (Å²) >= 11 is 0. The maximum Gasteiger partial charge on any atom is 0.243 e. The minimum Gasteiger partial charge on any atom is -0.492 e. The van der Waals surface area contributed by atoms with Crippen LogP contribution in [0, 0.1) is 5.92 Å². The lowest BCUT2D eigenvalue weighted by atomic mass is 9.87. The molecular weight excluding hydrogens is 306 g/mol. The number of rotatable bonds is 8. The Labute approximate surface area is 143 Å². The Morgan fingerprint density at radius 1 is 1.08 bits per heavy atom. The third kappa shape index (κ3) is 6.58. The van der Waals surface area contributed by atoms with Gasteiger partial charge in [-0.3, -0.25) is 9.59 Å². The van der Waals surface area contributed by atoms with Crippen molar-refractivity contribution < 1.29 is 14.3 Å². The zero-order chi connectivity index (χ0) is 17.2. The van der Waals surface area contributed by atoms with Gasteiger partial charge in [0.2, 0.25) is 11.8 Å². The Kier molecular flexibility index (Phi) is 7.55. The van der Waals surface area contributed by atoms with E-state index in [2.05, 4.69) is 10.6 Å². The number of anilines is 1. The maximum atomic E-state index is 11.9. The first-order chi connectivity index (χ1) is 11.7. The number of carbonyl (C=O) groups is 2. The molecule has 0 heterocycles. The number of nitrogens with one attached hydrogen (secondary N) is 2. The van der Waals surface area contributed by atoms with Crippen LogP contribution in [0.5, 0.6) is 5.75 Å². The highest BCUT2D eigenvalue weighted by molar-refractivity contribution is 5.94. The first-order valence-electron chi connectivity index (χ1n) is 8.67. The summed E-state index contributed by atoms with van der Waals surface area (Å²) in [5.41, 5.74) is 6.04. The van der Waals surface area contributed by atoms with Gasteiger partial charge in [-0.1, -0.05) is 19.3 Å². The van der Waals surface area contributed by atoms with Crippen LogP contribution in [-0.2, 0) is 9.59 Å². The van der Waals surface area contributed by atoms with E-state index in [-0.39, 0.29) is 18.4 Å². The standard InChI is InChI=1S/C18H27N3O3/c19-10-11-24-16-8-6-15(7-9-16)21-18(23)13-20-17(22)12-14-4-2-1-3-5-14/h6-9,14H,1-5,10-13,19H2,(H,20,22)(H,21,23). The molecule has 4 N–H and O–H groups in total. The zero-order valence-electron chi connectivity index (χ0n) is 14.1. The predicted molar refractivity (Wildman–Crippen MR) is 93.8 cm³/mol. The summed E-state index contributed by atoms with van der Waals surface area (Å²) in [6.07, 6.45) is 6.47. The normalized spacial score (nSPS) is 14.9. The van der Waals surface area contributed by atoms with Gasteiger partial charge in [-0.2, -0.15) is 0 Å². The number of carbonyl (C=O) groups excluding carboxylic acids is 2. The van der Waals surface area contributed by atoms with Crippen molar-refractivity contribution in [2.24, 2.45) is 11.7 Å². The van der Waals surface area contributed by atoms with E-state index in [4.69, 9.17) is 10.5 Å². The number of ether oxygens (including phenoxy) is 1. The molecule has 132 valence electrons. The molecule has 0 atom stereocenters. The fourth-order valence-corrected chi connectivity index (χ4v) is 2.92. The lowest BCUT2D eigenvalue weighted by Gasteiger charge is -2.20. The Bertz CT molecular complexity index is 525. The van der Waals surface area contributed by atoms with Crippen molar-refractivity contribution in [3.63, 3.8) is 0 Å². The molecule has 1 aromatic rings. The summed E-state index contributed by atoms with van der Waals surface area (Å²) < 4.78 is 5.37. The summed E-state index contributed by atoms with van der Waals surface area (Å²) in [5.74, 6) is 0.910. The van der Waals surface area contributed by atoms with Gasteiger partial charge in [0.1, 0.15) is 12.4 Å². The summed E-state index contributed by atoms with van der Waals surface area (Å²) in [4.78, 5) is 23.8. The molecule has 0 radical (unpaired) electrons. The van der Waals surface area contributed by atoms with Gasteiger partial charge in [-0.15, -0.1) is 0 Å². The molecule has 1 fully saturated rings. The molecule has 1 aliphatic carbocycles. The van der Waals surface area contributed by atoms with E-state index in [9.17, 15) is 9.59 Å². The van der Waals surface area contributed by atoms with Crippen LogP contribution in [0.1, 0.15) is 38.5 Å². The monoisotopic (exact) mass is 333 g/mol. The number of nitrogens with two attached hydrogens (primary N) is 1. The number of hydrogen-bond acceptors (Lipinski definition) is 4. The smallest absolute Gasteiger partial charge is 0.243 e. The molecule has 0 unspecified atom stereocenters. The molecule has 2 rings (SSSR count). The molecule has 0 saturated heterocycles. The van der Waals surface area contributed by atoms with Gasteiger partial charge in [0.05, 0.1) is 6.54 Å². The third-order valence-electron chi connectivity index (χ3n) is 4.17. The Morgan fingerprint density at radius 2 is 1.79 bits per heavy atom. The highest BCUT2D eigenvalue weighted by Gasteiger charge is 2.17. The van der Waals surface area contributed by atoms with Gasteiger partial charge in [-0.05, 0) is 43.0 Å². The topological polar surface area (TPSA) is 93.4 Å². The van der Waals surface area contributed by atoms with E-state index < -0.39 is 0 Å². The van der Waals surface area contributed by atoms with Gasteiger partial charge in [0.25, 0.3) is 0 Å². The molecule has 24 heavy (non-hydrogen) atoms. The summed E-state index contributed by atoms with van der Waals surface area (Å²) in [5, 5.41) is 5.45. The number of benzene rings is 1. The molecule has 1 aromatic carbocycles. The molecule has 6 heteroatoms. The van der Waals surface area contributed by atoms with E-state index in [0.717, 1.165) is 12.8 Å². The lowest BCUT2D eigenvalue weighted by molar-refractivity contribution is -0.125. The van der Waals surface area contributed by atoms with E-state index in [1.807, 2.05) is 0 Å². The Morgan fingerprint density at radius 3 is 2.46 bits per heavy atom. The van der Waals surface area contributed by atoms with Crippen molar-refractivity contribution in [1.29, 1.82) is 0 Å². The molecule has 0 spiro atoms. The average Bonchev–Trinajstić information content (AvgIpc) is 2.60. The summed E-state index contributed by atoms with van der Waals surface area (Å²) in [6, 6.07) is 7.06. The highest BCUT2D eigenvalue weighted by Crippen LogP contribution is 2.26. The van der Waals surface area contributed by atoms with E-state index in [1.54, 1.807) is 24.3 Å². The second-order valence-corrected chi connectivity index (χ2v) is 6.19. The zero-order valence-corrected chi connectivity index (χ0v) is 14.1. The summed E-state index contributed by atoms with van der Waals surface area (Å²) in [6.45, 7) is 0.911. The van der Waals surface area contributed by atoms with E-state index in [1.165, 1.54) is 19.3 Å². The first-order valence-corrected chi connectivity index (χ1v) is 8.67. The minimum absolute atomic E-state index is 0.00300. The number of hydrogen-bond donors (Lipinski definition) is 3. The fourth-order valence-electron chi connectivity index (χ4n) is 2.92. The lowest BCUT2D eigenvalue weighted by Crippen LogP contribution is -2.34. The van der Waals surface area contributed by atoms with Crippen molar-refractivity contribution in [1.82, 2.24) is 5.32 Å². The third-order valence-corrected chi connectivity index (χ3v) is 4.17. The van der Waals surface area contributed by atoms with Crippen LogP contribution in [0.2, 0.25) is 0 Å². The van der Waals surface area contributed by atoms with E-state index >= 15 is 0 Å². The highest BCUT2D eigenvalue weighted by atomic mass is 16.5. The van der Waals surface area contributed by atoms with Crippen LogP contribution >= 0.6 is 0 Å². The van der Waals surface area contributed by atoms with Gasteiger partial charge >= 0.3 is 0 Å². The summed E-state index contributed by atoms with van der Waals surface area (Å²) in [7, 11) is 0. The van der Waals surface area contributed by atoms with Crippen LogP contribution in [0.15, 0.2) is 24.3 Å². The second kappa shape index (κ2) is 9.93. The fraction of sp³-hybridized carbons (Fsp3) is 0.556. The van der Waals surface area contributed by atoms with Crippen molar-refractivity contribution >= 4 is 17.5 Å². The van der Waals surface area contributed by atoms with Crippen molar-refractivity contribution in [3.05, 3.63) is 24.3 Å². The molecule has 0 aromatic heterocycles. The number of amides is 2. The van der Waals surface area contributed by atoms with Gasteiger partial charge in [0, 0.05) is 18.7 Å². The predicted octanol–water partition coefficient (Wildman–Crippen LogP) is 2.05. The van der Waals surface area contributed by atoms with Gasteiger partial charge < -0.3 is 21.1 Å². The molecular formula is C18H27N3O3. The van der Waals surface area contributed by atoms with Crippen LogP contribution in [0.4, 0.5) is 5.69 Å². The van der Waals surface area contributed by atoms with Crippen LogP contribution in [0.25, 0.3) is 0 Å². The molecule has 6 nitrogen and oxygen atoms in total. The largest absolute Gasteiger partial charge is 0.492 e.